The number of anilines is 1. The molecule has 0 atom stereocenters. The number of nitrogen functional groups attached to an aromatic ring is 1. The third-order valence-electron chi connectivity index (χ3n) is 2.89. The molecular formula is C15H13ClN4O. The highest BCUT2D eigenvalue weighted by atomic mass is 35.5. The standard InChI is InChI=1S/C15H13ClN4O/c1-20(9-11-4-2-3-10(7-11)8-17)15(21)14-12(16)5-6-13(18)19-14/h2-7H,9H2,1H3,(H2,18,19). The average molecular weight is 301 g/mol. The summed E-state index contributed by atoms with van der Waals surface area (Å²) in [5, 5.41) is 9.13. The lowest BCUT2D eigenvalue weighted by molar-refractivity contribution is 0.0779. The van der Waals surface area contributed by atoms with Crippen molar-refractivity contribution in [3.63, 3.8) is 0 Å². The number of rotatable bonds is 3. The molecule has 0 aliphatic heterocycles. The van der Waals surface area contributed by atoms with Gasteiger partial charge in [-0.2, -0.15) is 5.26 Å². The average Bonchev–Trinajstić information content (AvgIpc) is 2.49. The van der Waals surface area contributed by atoms with Crippen LogP contribution in [0.4, 0.5) is 5.82 Å². The summed E-state index contributed by atoms with van der Waals surface area (Å²) in [6.07, 6.45) is 0. The van der Waals surface area contributed by atoms with Crippen LogP contribution in [0.15, 0.2) is 36.4 Å². The largest absolute Gasteiger partial charge is 0.384 e. The number of carbonyl (C=O) groups excluding carboxylic acids is 1. The second kappa shape index (κ2) is 6.25. The highest BCUT2D eigenvalue weighted by Gasteiger charge is 2.17. The molecule has 1 aromatic heterocycles. The Morgan fingerprint density at radius 3 is 2.90 bits per heavy atom. The zero-order valence-electron chi connectivity index (χ0n) is 11.4. The number of nitrogens with two attached hydrogens (primary N) is 1. The van der Waals surface area contributed by atoms with Gasteiger partial charge in [0.1, 0.15) is 11.5 Å². The quantitative estimate of drug-likeness (QED) is 0.944. The number of hydrogen-bond acceptors (Lipinski definition) is 4. The number of pyridine rings is 1. The fourth-order valence-corrected chi connectivity index (χ4v) is 2.06. The third kappa shape index (κ3) is 3.50. The minimum atomic E-state index is -0.324. The van der Waals surface area contributed by atoms with E-state index in [1.165, 1.54) is 11.0 Å². The van der Waals surface area contributed by atoms with Crippen LogP contribution in [0, 0.1) is 11.3 Å². The number of nitrogens with zero attached hydrogens (tertiary/aromatic N) is 3. The van der Waals surface area contributed by atoms with Gasteiger partial charge in [0, 0.05) is 13.6 Å². The number of aromatic nitrogens is 1. The second-order valence-electron chi connectivity index (χ2n) is 4.54. The zero-order valence-corrected chi connectivity index (χ0v) is 12.1. The summed E-state index contributed by atoms with van der Waals surface area (Å²) in [5.74, 6) is -0.0858. The third-order valence-corrected chi connectivity index (χ3v) is 3.20. The molecule has 5 nitrogen and oxygen atoms in total. The van der Waals surface area contributed by atoms with Crippen molar-refractivity contribution in [2.24, 2.45) is 0 Å². The lowest BCUT2D eigenvalue weighted by atomic mass is 10.1. The number of carbonyl (C=O) groups is 1. The van der Waals surface area contributed by atoms with Gasteiger partial charge in [0.25, 0.3) is 5.91 Å². The Kier molecular flexibility index (Phi) is 4.41. The highest BCUT2D eigenvalue weighted by molar-refractivity contribution is 6.33. The summed E-state index contributed by atoms with van der Waals surface area (Å²) < 4.78 is 0. The van der Waals surface area contributed by atoms with Gasteiger partial charge in [-0.25, -0.2) is 4.98 Å². The van der Waals surface area contributed by atoms with Crippen LogP contribution in [0.1, 0.15) is 21.6 Å². The van der Waals surface area contributed by atoms with Crippen LogP contribution in [0.2, 0.25) is 5.02 Å². The van der Waals surface area contributed by atoms with Crippen molar-refractivity contribution in [3.05, 3.63) is 58.2 Å². The molecule has 6 heteroatoms. The summed E-state index contributed by atoms with van der Waals surface area (Å²) in [7, 11) is 1.64. The summed E-state index contributed by atoms with van der Waals surface area (Å²) in [6, 6.07) is 12.2. The summed E-state index contributed by atoms with van der Waals surface area (Å²) in [5.41, 5.74) is 7.10. The monoisotopic (exact) mass is 300 g/mol. The van der Waals surface area contributed by atoms with Crippen molar-refractivity contribution in [1.29, 1.82) is 5.26 Å². The summed E-state index contributed by atoms with van der Waals surface area (Å²) in [4.78, 5) is 17.8. The van der Waals surface area contributed by atoms with Crippen molar-refractivity contribution in [2.75, 3.05) is 12.8 Å². The van der Waals surface area contributed by atoms with Gasteiger partial charge in [-0.15, -0.1) is 0 Å². The van der Waals surface area contributed by atoms with E-state index < -0.39 is 0 Å². The van der Waals surface area contributed by atoms with E-state index in [0.717, 1.165) is 5.56 Å². The SMILES string of the molecule is CN(Cc1cccc(C#N)c1)C(=O)c1nc(N)ccc1Cl. The summed E-state index contributed by atoms with van der Waals surface area (Å²) >= 11 is 5.98. The lowest BCUT2D eigenvalue weighted by Gasteiger charge is -2.17. The van der Waals surface area contributed by atoms with Crippen molar-refractivity contribution in [3.8, 4) is 6.07 Å². The first-order valence-electron chi connectivity index (χ1n) is 6.18. The van der Waals surface area contributed by atoms with E-state index >= 15 is 0 Å². The Labute approximate surface area is 127 Å². The second-order valence-corrected chi connectivity index (χ2v) is 4.95. The van der Waals surface area contributed by atoms with Gasteiger partial charge in [-0.05, 0) is 29.8 Å². The Balaban J connectivity index is 2.19. The molecule has 0 unspecified atom stereocenters. The van der Waals surface area contributed by atoms with E-state index in [1.54, 1.807) is 31.3 Å². The smallest absolute Gasteiger partial charge is 0.274 e. The number of amides is 1. The minimum Gasteiger partial charge on any atom is -0.384 e. The van der Waals surface area contributed by atoms with E-state index in [0.29, 0.717) is 12.1 Å². The predicted molar refractivity (Wildman–Crippen MR) is 80.6 cm³/mol. The van der Waals surface area contributed by atoms with Crippen LogP contribution < -0.4 is 5.73 Å². The molecule has 0 aliphatic carbocycles. The van der Waals surface area contributed by atoms with Crippen LogP contribution in [0.25, 0.3) is 0 Å². The maximum Gasteiger partial charge on any atom is 0.274 e. The molecule has 106 valence electrons. The number of nitriles is 1. The molecule has 0 aliphatic rings. The van der Waals surface area contributed by atoms with Gasteiger partial charge >= 0.3 is 0 Å². The first-order chi connectivity index (χ1) is 10.0. The van der Waals surface area contributed by atoms with Gasteiger partial charge in [-0.1, -0.05) is 23.7 Å². The fraction of sp³-hybridized carbons (Fsp3) is 0.133. The van der Waals surface area contributed by atoms with Crippen LogP contribution >= 0.6 is 11.6 Å². The predicted octanol–water partition coefficient (Wildman–Crippen LogP) is 2.46. The highest BCUT2D eigenvalue weighted by Crippen LogP contribution is 2.18. The molecule has 0 saturated heterocycles. The Bertz CT molecular complexity index is 724. The van der Waals surface area contributed by atoms with Gasteiger partial charge < -0.3 is 10.6 Å². The van der Waals surface area contributed by atoms with Crippen LogP contribution in [0.3, 0.4) is 0 Å². The molecule has 0 saturated carbocycles. The van der Waals surface area contributed by atoms with Crippen molar-refractivity contribution < 1.29 is 4.79 Å². The van der Waals surface area contributed by atoms with Crippen molar-refractivity contribution in [2.45, 2.75) is 6.54 Å². The molecule has 0 spiro atoms. The number of hydrogen-bond donors (Lipinski definition) is 1. The molecule has 1 amide bonds. The van der Waals surface area contributed by atoms with Crippen molar-refractivity contribution >= 4 is 23.3 Å². The van der Waals surface area contributed by atoms with E-state index in [-0.39, 0.29) is 22.4 Å². The molecule has 2 aromatic rings. The van der Waals surface area contributed by atoms with Gasteiger partial charge in [0.05, 0.1) is 16.7 Å². The van der Waals surface area contributed by atoms with Crippen LogP contribution in [-0.2, 0) is 6.54 Å². The Morgan fingerprint density at radius 2 is 2.19 bits per heavy atom. The van der Waals surface area contributed by atoms with E-state index in [9.17, 15) is 4.79 Å². The van der Waals surface area contributed by atoms with Crippen molar-refractivity contribution in [1.82, 2.24) is 9.88 Å². The number of benzene rings is 1. The molecule has 2 rings (SSSR count). The molecule has 0 bridgehead atoms. The van der Waals surface area contributed by atoms with Gasteiger partial charge in [0.15, 0.2) is 0 Å². The fourth-order valence-electron chi connectivity index (χ4n) is 1.87. The normalized spacial score (nSPS) is 9.95. The van der Waals surface area contributed by atoms with E-state index in [2.05, 4.69) is 11.1 Å². The zero-order chi connectivity index (χ0) is 15.4. The van der Waals surface area contributed by atoms with E-state index in [1.807, 2.05) is 6.07 Å². The lowest BCUT2D eigenvalue weighted by Crippen LogP contribution is -2.27. The molecule has 1 heterocycles. The number of halogens is 1. The Morgan fingerprint density at radius 1 is 1.43 bits per heavy atom. The maximum absolute atomic E-state index is 12.3. The summed E-state index contributed by atoms with van der Waals surface area (Å²) in [6.45, 7) is 0.348. The van der Waals surface area contributed by atoms with Gasteiger partial charge in [-0.3, -0.25) is 4.79 Å². The minimum absolute atomic E-state index is 0.121. The first kappa shape index (κ1) is 14.8. The molecule has 2 N–H and O–H groups in total. The molecule has 1 aromatic carbocycles. The molecule has 21 heavy (non-hydrogen) atoms. The van der Waals surface area contributed by atoms with Crippen LogP contribution in [-0.4, -0.2) is 22.8 Å². The van der Waals surface area contributed by atoms with Gasteiger partial charge in [0.2, 0.25) is 0 Å². The molecule has 0 fully saturated rings. The van der Waals surface area contributed by atoms with E-state index in [4.69, 9.17) is 22.6 Å². The Hall–Kier alpha value is -2.58. The first-order valence-corrected chi connectivity index (χ1v) is 6.55. The molecular weight excluding hydrogens is 288 g/mol. The topological polar surface area (TPSA) is 83.0 Å². The molecule has 0 radical (unpaired) electrons. The van der Waals surface area contributed by atoms with Crippen LogP contribution in [0.5, 0.6) is 0 Å². The maximum atomic E-state index is 12.3.